The SMILES string of the molecule is CC(C)NCCn1nnnc1SCCCN(C)C. The number of thioether (sulfide) groups is 1. The first-order valence-corrected chi connectivity index (χ1v) is 7.35. The van der Waals surface area contributed by atoms with Crippen LogP contribution in [-0.2, 0) is 6.54 Å². The number of rotatable bonds is 9. The second-order valence-electron chi connectivity index (χ2n) is 4.80. The van der Waals surface area contributed by atoms with Gasteiger partial charge in [-0.05, 0) is 37.5 Å². The Balaban J connectivity index is 2.26. The molecule has 0 amide bonds. The third-order valence-electron chi connectivity index (χ3n) is 2.36. The Morgan fingerprint density at radius 1 is 1.39 bits per heavy atom. The van der Waals surface area contributed by atoms with Gasteiger partial charge in [0.05, 0.1) is 6.54 Å². The van der Waals surface area contributed by atoms with E-state index in [9.17, 15) is 0 Å². The molecule has 0 bridgehead atoms. The highest BCUT2D eigenvalue weighted by atomic mass is 32.2. The fourth-order valence-corrected chi connectivity index (χ4v) is 2.27. The number of tetrazole rings is 1. The summed E-state index contributed by atoms with van der Waals surface area (Å²) in [6.07, 6.45) is 1.15. The molecule has 0 saturated heterocycles. The van der Waals surface area contributed by atoms with Crippen LogP contribution in [0.15, 0.2) is 5.16 Å². The van der Waals surface area contributed by atoms with Crippen molar-refractivity contribution in [2.45, 2.75) is 38.0 Å². The Labute approximate surface area is 113 Å². The number of aromatic nitrogens is 4. The normalized spacial score (nSPS) is 11.7. The van der Waals surface area contributed by atoms with Crippen molar-refractivity contribution in [1.29, 1.82) is 0 Å². The van der Waals surface area contributed by atoms with Gasteiger partial charge in [-0.2, -0.15) is 0 Å². The minimum atomic E-state index is 0.498. The predicted octanol–water partition coefficient (Wildman–Crippen LogP) is 0.715. The molecule has 0 aromatic carbocycles. The van der Waals surface area contributed by atoms with Gasteiger partial charge in [-0.3, -0.25) is 0 Å². The average Bonchev–Trinajstić information content (AvgIpc) is 2.71. The van der Waals surface area contributed by atoms with Crippen molar-refractivity contribution in [2.24, 2.45) is 0 Å². The van der Waals surface area contributed by atoms with Crippen LogP contribution in [0.1, 0.15) is 20.3 Å². The molecule has 0 aliphatic heterocycles. The molecule has 0 atom stereocenters. The first-order chi connectivity index (χ1) is 8.59. The van der Waals surface area contributed by atoms with Crippen LogP contribution in [0.4, 0.5) is 0 Å². The minimum absolute atomic E-state index is 0.498. The van der Waals surface area contributed by atoms with Crippen molar-refractivity contribution >= 4 is 11.8 Å². The highest BCUT2D eigenvalue weighted by Gasteiger charge is 2.06. The molecule has 6 nitrogen and oxygen atoms in total. The minimum Gasteiger partial charge on any atom is -0.313 e. The largest absolute Gasteiger partial charge is 0.313 e. The molecule has 1 aromatic rings. The predicted molar refractivity (Wildman–Crippen MR) is 74.9 cm³/mol. The smallest absolute Gasteiger partial charge is 0.209 e. The van der Waals surface area contributed by atoms with Gasteiger partial charge in [-0.25, -0.2) is 4.68 Å². The van der Waals surface area contributed by atoms with Crippen molar-refractivity contribution in [1.82, 2.24) is 30.4 Å². The maximum absolute atomic E-state index is 4.05. The number of nitrogens with zero attached hydrogens (tertiary/aromatic N) is 5. The van der Waals surface area contributed by atoms with Crippen molar-refractivity contribution in [3.63, 3.8) is 0 Å². The zero-order valence-corrected chi connectivity index (χ0v) is 12.6. The Hall–Kier alpha value is -0.660. The van der Waals surface area contributed by atoms with Gasteiger partial charge in [0.15, 0.2) is 0 Å². The van der Waals surface area contributed by atoms with Gasteiger partial charge >= 0.3 is 0 Å². The average molecular weight is 272 g/mol. The number of hydrogen-bond acceptors (Lipinski definition) is 6. The molecule has 0 aliphatic rings. The van der Waals surface area contributed by atoms with Gasteiger partial charge in [-0.15, -0.1) is 5.10 Å². The van der Waals surface area contributed by atoms with E-state index in [1.54, 1.807) is 11.8 Å². The van der Waals surface area contributed by atoms with Crippen LogP contribution < -0.4 is 5.32 Å². The Kier molecular flexibility index (Phi) is 7.22. The van der Waals surface area contributed by atoms with Crippen LogP contribution in [-0.4, -0.2) is 64.1 Å². The van der Waals surface area contributed by atoms with Crippen LogP contribution in [0.3, 0.4) is 0 Å². The van der Waals surface area contributed by atoms with Crippen molar-refractivity contribution in [2.75, 3.05) is 32.9 Å². The Bertz CT molecular complexity index is 325. The van der Waals surface area contributed by atoms with E-state index in [0.717, 1.165) is 37.0 Å². The number of nitrogens with one attached hydrogen (secondary N) is 1. The Morgan fingerprint density at radius 2 is 2.17 bits per heavy atom. The van der Waals surface area contributed by atoms with E-state index < -0.39 is 0 Å². The summed E-state index contributed by atoms with van der Waals surface area (Å²) >= 11 is 1.73. The molecular weight excluding hydrogens is 248 g/mol. The zero-order chi connectivity index (χ0) is 13.4. The molecule has 0 unspecified atom stereocenters. The molecule has 1 aromatic heterocycles. The summed E-state index contributed by atoms with van der Waals surface area (Å²) in [6, 6.07) is 0.498. The highest BCUT2D eigenvalue weighted by Crippen LogP contribution is 2.14. The lowest BCUT2D eigenvalue weighted by molar-refractivity contribution is 0.410. The summed E-state index contributed by atoms with van der Waals surface area (Å²) in [5.74, 6) is 1.05. The number of hydrogen-bond donors (Lipinski definition) is 1. The molecule has 0 saturated carbocycles. The van der Waals surface area contributed by atoms with E-state index in [1.165, 1.54) is 0 Å². The second kappa shape index (κ2) is 8.44. The monoisotopic (exact) mass is 272 g/mol. The fraction of sp³-hybridized carbons (Fsp3) is 0.909. The molecule has 7 heteroatoms. The van der Waals surface area contributed by atoms with Crippen LogP contribution in [0, 0.1) is 0 Å². The molecule has 104 valence electrons. The van der Waals surface area contributed by atoms with Crippen molar-refractivity contribution in [3.8, 4) is 0 Å². The first kappa shape index (κ1) is 15.4. The van der Waals surface area contributed by atoms with Gasteiger partial charge in [-0.1, -0.05) is 25.6 Å². The van der Waals surface area contributed by atoms with Crippen molar-refractivity contribution in [3.05, 3.63) is 0 Å². The summed E-state index contributed by atoms with van der Waals surface area (Å²) in [6.45, 7) is 7.09. The topological polar surface area (TPSA) is 58.9 Å². The van der Waals surface area contributed by atoms with Crippen LogP contribution in [0.25, 0.3) is 0 Å². The van der Waals surface area contributed by atoms with E-state index in [1.807, 2.05) is 4.68 Å². The van der Waals surface area contributed by atoms with Gasteiger partial charge < -0.3 is 10.2 Å². The molecule has 18 heavy (non-hydrogen) atoms. The lowest BCUT2D eigenvalue weighted by Crippen LogP contribution is -2.27. The third-order valence-corrected chi connectivity index (χ3v) is 3.40. The van der Waals surface area contributed by atoms with E-state index in [-0.39, 0.29) is 0 Å². The molecule has 1 heterocycles. The molecule has 0 spiro atoms. The van der Waals surface area contributed by atoms with Gasteiger partial charge in [0.1, 0.15) is 0 Å². The second-order valence-corrected chi connectivity index (χ2v) is 5.86. The standard InChI is InChI=1S/C11H24N6S/c1-10(2)12-6-8-17-11(13-14-15-17)18-9-5-7-16(3)4/h10,12H,5-9H2,1-4H3. The summed E-state index contributed by atoms with van der Waals surface area (Å²) in [7, 11) is 4.18. The fourth-order valence-electron chi connectivity index (χ4n) is 1.44. The van der Waals surface area contributed by atoms with Gasteiger partial charge in [0.25, 0.3) is 0 Å². The van der Waals surface area contributed by atoms with E-state index in [0.29, 0.717) is 6.04 Å². The molecule has 0 aliphatic carbocycles. The summed E-state index contributed by atoms with van der Waals surface area (Å²) < 4.78 is 1.87. The van der Waals surface area contributed by atoms with E-state index >= 15 is 0 Å². The first-order valence-electron chi connectivity index (χ1n) is 6.36. The summed E-state index contributed by atoms with van der Waals surface area (Å²) in [5, 5.41) is 16.1. The molecule has 0 fully saturated rings. The zero-order valence-electron chi connectivity index (χ0n) is 11.8. The van der Waals surface area contributed by atoms with E-state index in [2.05, 4.69) is 53.7 Å². The lowest BCUT2D eigenvalue weighted by atomic mass is 10.4. The summed E-state index contributed by atoms with van der Waals surface area (Å²) in [5.41, 5.74) is 0. The van der Waals surface area contributed by atoms with Crippen LogP contribution in [0.2, 0.25) is 0 Å². The quantitative estimate of drug-likeness (QED) is 0.528. The molecular formula is C11H24N6S. The third kappa shape index (κ3) is 6.32. The van der Waals surface area contributed by atoms with Gasteiger partial charge in [0, 0.05) is 18.3 Å². The highest BCUT2D eigenvalue weighted by molar-refractivity contribution is 7.99. The molecule has 1 rings (SSSR count). The summed E-state index contributed by atoms with van der Waals surface area (Å²) in [4.78, 5) is 2.19. The van der Waals surface area contributed by atoms with Gasteiger partial charge in [0.2, 0.25) is 5.16 Å². The van der Waals surface area contributed by atoms with Crippen molar-refractivity contribution < 1.29 is 0 Å². The lowest BCUT2D eigenvalue weighted by Gasteiger charge is -2.09. The van der Waals surface area contributed by atoms with Crippen LogP contribution >= 0.6 is 11.8 Å². The maximum Gasteiger partial charge on any atom is 0.209 e. The molecule has 1 N–H and O–H groups in total. The molecule has 0 radical (unpaired) electrons. The maximum atomic E-state index is 4.05. The Morgan fingerprint density at radius 3 is 2.83 bits per heavy atom. The van der Waals surface area contributed by atoms with E-state index in [4.69, 9.17) is 0 Å². The van der Waals surface area contributed by atoms with Crippen LogP contribution in [0.5, 0.6) is 0 Å².